The van der Waals surface area contributed by atoms with Gasteiger partial charge >= 0.3 is 25.9 Å². The number of hydrogen-bond acceptors (Lipinski definition) is 14. The maximum absolute atomic E-state index is 13.1. The van der Waals surface area contributed by atoms with Crippen molar-refractivity contribution in [1.29, 1.82) is 0 Å². The molecular weight excluding hydrogens is 981 g/mol. The Morgan fingerprint density at radius 3 is 2.23 bits per heavy atom. The zero-order valence-corrected chi connectivity index (χ0v) is 38.9. The Morgan fingerprint density at radius 2 is 1.61 bits per heavy atom. The topological polar surface area (TPSA) is 220 Å². The third kappa shape index (κ3) is 10.1. The summed E-state index contributed by atoms with van der Waals surface area (Å²) in [6, 6.07) is 4.59. The van der Waals surface area contributed by atoms with Gasteiger partial charge in [-0.2, -0.15) is 26.0 Å². The molecule has 2 heterocycles. The molecule has 2 aliphatic heterocycles. The molecule has 2 bridgehead atoms. The van der Waals surface area contributed by atoms with Crippen LogP contribution in [0.25, 0.3) is 0 Å². The number of aliphatic hydroxyl groups excluding tert-OH is 1. The minimum Gasteiger partial charge on any atom is -0.552 e. The molecule has 5 fully saturated rings. The van der Waals surface area contributed by atoms with E-state index in [1.807, 2.05) is 20.5 Å². The van der Waals surface area contributed by atoms with Crippen LogP contribution in [0, 0.1) is 36.2 Å². The molecule has 343 valence electrons. The molecule has 16 heteroatoms. The van der Waals surface area contributed by atoms with Gasteiger partial charge in [0, 0.05) is 53.9 Å². The Kier molecular flexibility index (Phi) is 17.1. The van der Waals surface area contributed by atoms with Crippen LogP contribution >= 0.6 is 0 Å². The molecule has 6 atom stereocenters. The van der Waals surface area contributed by atoms with Crippen LogP contribution in [0.15, 0.2) is 18.2 Å². The van der Waals surface area contributed by atoms with Gasteiger partial charge in [-0.15, -0.1) is 0 Å². The van der Waals surface area contributed by atoms with Crippen molar-refractivity contribution in [3.05, 3.63) is 58.2 Å². The molecule has 0 aromatic heterocycles. The van der Waals surface area contributed by atoms with E-state index in [0.717, 1.165) is 51.0 Å². The van der Waals surface area contributed by atoms with Crippen LogP contribution in [0.5, 0.6) is 17.2 Å². The van der Waals surface area contributed by atoms with Crippen molar-refractivity contribution in [1.82, 2.24) is 0 Å². The van der Waals surface area contributed by atoms with Gasteiger partial charge in [0.05, 0.1) is 23.8 Å². The molecule has 2 saturated heterocycles. The largest absolute Gasteiger partial charge is 1.00 e. The number of methoxy groups -OCH3 is 1. The molecule has 1 amide bonds. The van der Waals surface area contributed by atoms with E-state index in [0.29, 0.717) is 30.7 Å². The van der Waals surface area contributed by atoms with E-state index < -0.39 is 41.8 Å². The summed E-state index contributed by atoms with van der Waals surface area (Å²) < 4.78 is 15.3. The van der Waals surface area contributed by atoms with Crippen molar-refractivity contribution >= 4 is 23.4 Å². The monoisotopic (exact) mass is 1040 g/mol. The molecule has 62 heavy (non-hydrogen) atoms. The number of carbonyl (C=O) groups excluding carboxylic acids is 4. The maximum Gasteiger partial charge on any atom is 1.00 e. The van der Waals surface area contributed by atoms with Crippen LogP contribution in [-0.4, -0.2) is 76.8 Å². The van der Waals surface area contributed by atoms with Gasteiger partial charge in [-0.1, -0.05) is 46.2 Å². The fourth-order valence-electron chi connectivity index (χ4n) is 10.3. The fourth-order valence-corrected chi connectivity index (χ4v) is 10.3. The van der Waals surface area contributed by atoms with E-state index in [9.17, 15) is 29.4 Å². The second-order valence-corrected chi connectivity index (χ2v) is 17.2. The molecule has 2 aromatic carbocycles. The predicted molar refractivity (Wildman–Crippen MR) is 219 cm³/mol. The Labute approximate surface area is 376 Å². The van der Waals surface area contributed by atoms with Gasteiger partial charge < -0.3 is 35.3 Å². The Hall–Kier alpha value is -3.48. The van der Waals surface area contributed by atoms with Gasteiger partial charge in [-0.25, -0.2) is 11.4 Å². The number of aromatic hydroxyl groups is 2. The van der Waals surface area contributed by atoms with Gasteiger partial charge in [-0.3, -0.25) is 14.4 Å². The minimum absolute atomic E-state index is 0. The van der Waals surface area contributed by atoms with Gasteiger partial charge in [0.15, 0.2) is 11.6 Å². The van der Waals surface area contributed by atoms with Crippen molar-refractivity contribution in [3.63, 3.8) is 0 Å². The first kappa shape index (κ1) is 49.5. The number of ketones is 3. The number of ether oxygens (including phenoxy) is 3. The quantitative estimate of drug-likeness (QED) is 0.114. The summed E-state index contributed by atoms with van der Waals surface area (Å²) in [5.74, 6) is -2.51. The summed E-state index contributed by atoms with van der Waals surface area (Å²) in [7, 11) is 1.38. The predicted octanol–water partition coefficient (Wildman–Crippen LogP) is 7.34. The number of hydrogen-bond donors (Lipinski definition) is 4. The summed E-state index contributed by atoms with van der Waals surface area (Å²) in [4.78, 5) is 72.7. The minimum atomic E-state index is -1.01. The van der Waals surface area contributed by atoms with Crippen LogP contribution in [0.4, 0.5) is 4.79 Å². The van der Waals surface area contributed by atoms with E-state index in [2.05, 4.69) is 13.8 Å². The van der Waals surface area contributed by atoms with E-state index in [1.165, 1.54) is 32.4 Å². The van der Waals surface area contributed by atoms with Crippen LogP contribution in [0.1, 0.15) is 148 Å². The first-order chi connectivity index (χ1) is 29.3. The number of rotatable bonds is 4. The van der Waals surface area contributed by atoms with Crippen LogP contribution < -0.4 is 10.5 Å². The number of nitrogens with two attached hydrogens (primary N) is 1. The number of phenolic OH excluding ortho intramolecular Hbond substituents is 2. The van der Waals surface area contributed by atoms with Crippen molar-refractivity contribution < 1.29 is 88.0 Å². The molecular formula is C46H62NO14Os. The molecule has 15 nitrogen and oxygen atoms in total. The number of fused-ring (bicyclic) bond motifs is 6. The number of Topliss-reactive ketones (excluding diaryl/α,β-unsaturated/α-hetero) is 1. The van der Waals surface area contributed by atoms with Crippen LogP contribution in [0.2, 0.25) is 0 Å². The number of phenols is 2. The number of benzene rings is 2. The third-order valence-electron chi connectivity index (χ3n) is 13.1. The molecule has 6 unspecified atom stereocenters. The number of primary amides is 1. The molecule has 5 aliphatic carbocycles. The Morgan fingerprint density at radius 1 is 0.903 bits per heavy atom. The number of aliphatic hydroxyl groups is 1. The summed E-state index contributed by atoms with van der Waals surface area (Å²) >= 11 is 0. The Bertz CT molecular complexity index is 1910. The molecule has 7 aliphatic rings. The van der Waals surface area contributed by atoms with Crippen molar-refractivity contribution in [2.75, 3.05) is 20.3 Å². The van der Waals surface area contributed by atoms with E-state index in [1.54, 1.807) is 12.1 Å². The first-order valence-electron chi connectivity index (χ1n) is 21.9. The fraction of sp³-hybridized carbons (Fsp3) is 0.630. The van der Waals surface area contributed by atoms with E-state index >= 15 is 0 Å². The Balaban J connectivity index is 0.000000197. The normalized spacial score (nSPS) is 30.5. The number of amides is 1. The molecule has 5 N–H and O–H groups in total. The molecule has 3 saturated carbocycles. The smallest absolute Gasteiger partial charge is 0.552 e. The van der Waals surface area contributed by atoms with Crippen molar-refractivity contribution in [2.45, 2.75) is 135 Å². The SMILES string of the molecule is CC.CC1CC2CC(C)C3(OOC4(CCCC(OC(N)=O)C4)OO3)C(C1)C2.COc1cccc2c1C(=O)c1c(O)c3c(c(O)c1C2=O)CC(C(=O)CO)CC3.[CH-]1CCCCO1.[Os+]. The van der Waals surface area contributed by atoms with Gasteiger partial charge in [0.2, 0.25) is 17.4 Å². The summed E-state index contributed by atoms with van der Waals surface area (Å²) in [6.07, 6.45) is 10.4. The summed E-state index contributed by atoms with van der Waals surface area (Å²) in [5, 5.41) is 30.7. The van der Waals surface area contributed by atoms with E-state index in [4.69, 9.17) is 44.6 Å². The zero-order chi connectivity index (χ0) is 44.1. The molecule has 9 rings (SSSR count). The van der Waals surface area contributed by atoms with Crippen LogP contribution in [0.3, 0.4) is 0 Å². The molecule has 2 spiro atoms. The van der Waals surface area contributed by atoms with E-state index in [-0.39, 0.29) is 101 Å². The standard InChI is InChI=1S/C21H18O7.C18H29NO6.C5H9O.C2H6.Os/c1-28-14-4-2-3-11-15(14)21(27)17-16(19(11)25)20(26)12-7-9(13(23)8-22)5-6-10(12)18(17)24;1-11-6-13-8-12(2)18(14(7-11)9-13)24-22-17(23-25-18)5-3-4-15(10-17)21-16(19)20;1-2-4-6-5-3-1;1-2;/h2-4,9,22,24,26H,5-8H2,1H3;11-15H,3-10H2,1-2H3,(H2,19,20);4H,1-3,5H2;1-2H3;/q;;-1;;+1. The first-order valence-corrected chi connectivity index (χ1v) is 21.9. The maximum atomic E-state index is 13.1. The van der Waals surface area contributed by atoms with Crippen molar-refractivity contribution in [3.8, 4) is 17.2 Å². The summed E-state index contributed by atoms with van der Waals surface area (Å²) in [6.45, 7) is 10.7. The third-order valence-corrected chi connectivity index (χ3v) is 13.1. The van der Waals surface area contributed by atoms with Gasteiger partial charge in [0.25, 0.3) is 0 Å². The molecule has 1 radical (unpaired) electrons. The zero-order valence-electron chi connectivity index (χ0n) is 36.4. The van der Waals surface area contributed by atoms with Gasteiger partial charge in [0.1, 0.15) is 30.0 Å². The summed E-state index contributed by atoms with van der Waals surface area (Å²) in [5.41, 5.74) is 5.44. The number of carbonyl (C=O) groups is 4. The second-order valence-electron chi connectivity index (χ2n) is 17.2. The second kappa shape index (κ2) is 21.5. The van der Waals surface area contributed by atoms with Crippen molar-refractivity contribution in [2.24, 2.45) is 35.3 Å². The average Bonchev–Trinajstić information content (AvgIpc) is 3.27. The average molecular weight is 1040 g/mol. The molecule has 2 aromatic rings. The van der Waals surface area contributed by atoms with Gasteiger partial charge in [-0.05, 0) is 82.1 Å². The van der Waals surface area contributed by atoms with Crippen LogP contribution in [-0.2, 0) is 66.5 Å².